The largest absolute Gasteiger partial charge is 0.395 e. The van der Waals surface area contributed by atoms with Gasteiger partial charge >= 0.3 is 0 Å². The van der Waals surface area contributed by atoms with Gasteiger partial charge in [0.1, 0.15) is 0 Å². The molecule has 0 bridgehead atoms. The first-order valence-corrected chi connectivity index (χ1v) is 8.03. The average Bonchev–Trinajstić information content (AvgIpc) is 2.99. The zero-order valence-electron chi connectivity index (χ0n) is 12.9. The van der Waals surface area contributed by atoms with Gasteiger partial charge in [-0.1, -0.05) is 56.2 Å². The van der Waals surface area contributed by atoms with Crippen molar-refractivity contribution in [3.63, 3.8) is 0 Å². The van der Waals surface area contributed by atoms with Crippen molar-refractivity contribution in [1.29, 1.82) is 0 Å². The molecule has 116 valence electrons. The molecule has 0 unspecified atom stereocenters. The lowest BCUT2D eigenvalue weighted by molar-refractivity contribution is 0.0512. The normalized spacial score (nSPS) is 22.2. The fourth-order valence-electron chi connectivity index (χ4n) is 2.53. The molecule has 1 fully saturated rings. The summed E-state index contributed by atoms with van der Waals surface area (Å²) in [5.41, 5.74) is 2.45. The fraction of sp³-hybridized carbons (Fsp3) is 0.556. The van der Waals surface area contributed by atoms with Gasteiger partial charge in [-0.05, 0) is 24.0 Å². The number of aliphatic hydroxyl groups is 1. The zero-order valence-corrected chi connectivity index (χ0v) is 12.9. The molecule has 3 heteroatoms. The van der Waals surface area contributed by atoms with Gasteiger partial charge in [-0.15, -0.1) is 0 Å². The second kappa shape index (κ2) is 8.98. The van der Waals surface area contributed by atoms with Gasteiger partial charge in [-0.2, -0.15) is 0 Å². The van der Waals surface area contributed by atoms with Gasteiger partial charge in [0.15, 0.2) is 0 Å². The van der Waals surface area contributed by atoms with E-state index in [2.05, 4.69) is 48.7 Å². The molecule has 1 aliphatic rings. The third-order valence-corrected chi connectivity index (χ3v) is 3.90. The van der Waals surface area contributed by atoms with E-state index in [9.17, 15) is 0 Å². The van der Waals surface area contributed by atoms with Gasteiger partial charge in [-0.25, -0.2) is 0 Å². The Balaban J connectivity index is 1.73. The molecule has 1 aromatic rings. The van der Waals surface area contributed by atoms with Gasteiger partial charge in [0, 0.05) is 12.6 Å². The number of allylic oxidation sites excluding steroid dienone is 1. The highest BCUT2D eigenvalue weighted by atomic mass is 16.5. The molecule has 1 aromatic carbocycles. The minimum Gasteiger partial charge on any atom is -0.395 e. The number of nitrogens with one attached hydrogen (secondary N) is 1. The molecule has 2 atom stereocenters. The Morgan fingerprint density at radius 3 is 2.81 bits per heavy atom. The van der Waals surface area contributed by atoms with Crippen molar-refractivity contribution in [3.05, 3.63) is 41.5 Å². The summed E-state index contributed by atoms with van der Waals surface area (Å²) in [6, 6.07) is 8.75. The Labute approximate surface area is 128 Å². The van der Waals surface area contributed by atoms with Crippen molar-refractivity contribution < 1.29 is 9.84 Å². The van der Waals surface area contributed by atoms with Crippen LogP contribution < -0.4 is 5.32 Å². The number of unbranched alkanes of at least 4 members (excludes halogenated alkanes) is 2. The first-order valence-electron chi connectivity index (χ1n) is 8.03. The Kier molecular flexibility index (Phi) is 6.93. The summed E-state index contributed by atoms with van der Waals surface area (Å²) in [6.45, 7) is 3.89. The lowest BCUT2D eigenvalue weighted by Gasteiger charge is -2.11. The van der Waals surface area contributed by atoms with Crippen molar-refractivity contribution in [2.24, 2.45) is 0 Å². The number of aliphatic hydroxyl groups excluding tert-OH is 1. The Hall–Kier alpha value is -1.16. The molecule has 3 nitrogen and oxygen atoms in total. The van der Waals surface area contributed by atoms with Crippen LogP contribution in [-0.4, -0.2) is 30.4 Å². The first-order chi connectivity index (χ1) is 10.3. The van der Waals surface area contributed by atoms with E-state index in [1.165, 1.54) is 24.0 Å². The van der Waals surface area contributed by atoms with E-state index < -0.39 is 0 Å². The van der Waals surface area contributed by atoms with Crippen LogP contribution in [0.2, 0.25) is 0 Å². The molecule has 0 amide bonds. The summed E-state index contributed by atoms with van der Waals surface area (Å²) in [7, 11) is 0. The number of benzene rings is 1. The van der Waals surface area contributed by atoms with Gasteiger partial charge in [0.2, 0.25) is 0 Å². The molecular formula is C18H27NO2. The van der Waals surface area contributed by atoms with Gasteiger partial charge in [0.25, 0.3) is 0 Å². The predicted molar refractivity (Wildman–Crippen MR) is 87.1 cm³/mol. The summed E-state index contributed by atoms with van der Waals surface area (Å²) in [4.78, 5) is 0. The summed E-state index contributed by atoms with van der Waals surface area (Å²) in [5.74, 6) is 0. The van der Waals surface area contributed by atoms with Crippen LogP contribution in [0.1, 0.15) is 43.7 Å². The lowest BCUT2D eigenvalue weighted by atomic mass is 10.1. The summed E-state index contributed by atoms with van der Waals surface area (Å²) >= 11 is 0. The number of ether oxygens (including phenoxy) is 1. The van der Waals surface area contributed by atoms with Crippen LogP contribution in [0.5, 0.6) is 0 Å². The summed E-state index contributed by atoms with van der Waals surface area (Å²) < 4.78 is 5.88. The van der Waals surface area contributed by atoms with Crippen molar-refractivity contribution >= 4 is 6.08 Å². The molecule has 0 spiro atoms. The van der Waals surface area contributed by atoms with E-state index in [-0.39, 0.29) is 18.8 Å². The van der Waals surface area contributed by atoms with Crippen LogP contribution in [-0.2, 0) is 11.3 Å². The molecule has 0 aromatic heterocycles. The molecular weight excluding hydrogens is 262 g/mol. The van der Waals surface area contributed by atoms with Crippen LogP contribution in [0.25, 0.3) is 6.08 Å². The molecule has 0 saturated carbocycles. The highest BCUT2D eigenvalue weighted by Crippen LogP contribution is 2.14. The van der Waals surface area contributed by atoms with E-state index in [0.717, 1.165) is 19.4 Å². The molecule has 0 radical (unpaired) electrons. The van der Waals surface area contributed by atoms with E-state index >= 15 is 0 Å². The van der Waals surface area contributed by atoms with E-state index in [1.54, 1.807) is 0 Å². The monoisotopic (exact) mass is 289 g/mol. The summed E-state index contributed by atoms with van der Waals surface area (Å²) in [6.07, 6.45) is 9.20. The van der Waals surface area contributed by atoms with Crippen LogP contribution in [0.15, 0.2) is 30.3 Å². The molecule has 2 N–H and O–H groups in total. The second-order valence-electron chi connectivity index (χ2n) is 5.74. The number of hydrogen-bond donors (Lipinski definition) is 2. The van der Waals surface area contributed by atoms with Crippen molar-refractivity contribution in [2.45, 2.75) is 51.4 Å². The predicted octanol–water partition coefficient (Wildman–Crippen LogP) is 3.13. The molecule has 2 rings (SSSR count). The van der Waals surface area contributed by atoms with Crippen LogP contribution in [0.4, 0.5) is 0 Å². The maximum atomic E-state index is 9.08. The minimum atomic E-state index is 0.193. The van der Waals surface area contributed by atoms with Gasteiger partial charge in [-0.3, -0.25) is 0 Å². The second-order valence-corrected chi connectivity index (χ2v) is 5.74. The van der Waals surface area contributed by atoms with Crippen molar-refractivity contribution in [1.82, 2.24) is 5.32 Å². The molecule has 1 saturated heterocycles. The standard InChI is InChI=1S/C18H27NO2/c1-2-3-4-5-6-15-7-9-16(10-8-15)14-21-18-11-17(13-20)19-12-18/h5-10,17-20H,2-4,11-14H2,1H3/b6-5+/t17-,18+/m1/s1. The van der Waals surface area contributed by atoms with E-state index in [1.807, 2.05) is 0 Å². The van der Waals surface area contributed by atoms with Crippen molar-refractivity contribution in [3.8, 4) is 0 Å². The van der Waals surface area contributed by atoms with Gasteiger partial charge in [0.05, 0.1) is 19.3 Å². The number of hydrogen-bond acceptors (Lipinski definition) is 3. The smallest absolute Gasteiger partial charge is 0.0721 e. The molecule has 1 aliphatic heterocycles. The minimum absolute atomic E-state index is 0.193. The average molecular weight is 289 g/mol. The Morgan fingerprint density at radius 1 is 1.33 bits per heavy atom. The molecule has 1 heterocycles. The van der Waals surface area contributed by atoms with Crippen LogP contribution in [0.3, 0.4) is 0 Å². The topological polar surface area (TPSA) is 41.5 Å². The Morgan fingerprint density at radius 2 is 2.14 bits per heavy atom. The van der Waals surface area contributed by atoms with Crippen LogP contribution >= 0.6 is 0 Å². The maximum absolute atomic E-state index is 9.08. The maximum Gasteiger partial charge on any atom is 0.0721 e. The Bertz CT molecular complexity index is 427. The van der Waals surface area contributed by atoms with E-state index in [4.69, 9.17) is 9.84 Å². The third kappa shape index (κ3) is 5.62. The zero-order chi connectivity index (χ0) is 14.9. The SMILES string of the molecule is CCCC/C=C/c1ccc(CO[C@@H]2CN[C@@H](CO)C2)cc1. The third-order valence-electron chi connectivity index (χ3n) is 3.90. The van der Waals surface area contributed by atoms with Crippen molar-refractivity contribution in [2.75, 3.05) is 13.2 Å². The summed E-state index contributed by atoms with van der Waals surface area (Å²) in [5, 5.41) is 12.3. The van der Waals surface area contributed by atoms with Gasteiger partial charge < -0.3 is 15.2 Å². The highest BCUT2D eigenvalue weighted by Gasteiger charge is 2.23. The molecule has 21 heavy (non-hydrogen) atoms. The first kappa shape index (κ1) is 16.2. The lowest BCUT2D eigenvalue weighted by Crippen LogP contribution is -2.24. The highest BCUT2D eigenvalue weighted by molar-refractivity contribution is 5.49. The number of rotatable bonds is 8. The quantitative estimate of drug-likeness (QED) is 0.722. The van der Waals surface area contributed by atoms with Crippen LogP contribution in [0, 0.1) is 0 Å². The van der Waals surface area contributed by atoms with E-state index in [0.29, 0.717) is 6.61 Å². The molecule has 0 aliphatic carbocycles. The fourth-order valence-corrected chi connectivity index (χ4v) is 2.53.